The van der Waals surface area contributed by atoms with E-state index in [-0.39, 0.29) is 85.5 Å². The molecule has 0 heterocycles. The van der Waals surface area contributed by atoms with Gasteiger partial charge in [-0.15, -0.1) is 12.4 Å². The Balaban J connectivity index is -0.00000000964. The van der Waals surface area contributed by atoms with Crippen molar-refractivity contribution in [3.63, 3.8) is 0 Å². The third-order valence-corrected chi connectivity index (χ3v) is 0. The summed E-state index contributed by atoms with van der Waals surface area (Å²) >= 11 is 0. The third kappa shape index (κ3) is 9700. The zero-order valence-electron chi connectivity index (χ0n) is 17.6. The maximum atomic E-state index is 9.00. The fourth-order valence-corrected chi connectivity index (χ4v) is 0. The van der Waals surface area contributed by atoms with Gasteiger partial charge in [0.15, 0.2) is 0 Å². The van der Waals surface area contributed by atoms with Crippen molar-refractivity contribution in [2.45, 2.75) is 41.5 Å². The molecule has 16 nitrogen and oxygen atoms in total. The molecular formula is C12H33ClFe3O16. The largest absolute Gasteiger partial charge is 0.481 e. The molecule has 0 bridgehead atoms. The van der Waals surface area contributed by atoms with Crippen molar-refractivity contribution in [1.29, 1.82) is 0 Å². The summed E-state index contributed by atoms with van der Waals surface area (Å²) in [6, 6.07) is 0. The summed E-state index contributed by atoms with van der Waals surface area (Å²) in [6.45, 7) is 6.50. The second kappa shape index (κ2) is 88.0. The molecule has 0 atom stereocenters. The average molecular weight is 636 g/mol. The van der Waals surface area contributed by atoms with E-state index in [9.17, 15) is 0 Å². The van der Waals surface area contributed by atoms with Gasteiger partial charge in [0.1, 0.15) is 0 Å². The molecule has 0 aliphatic heterocycles. The second-order valence-electron chi connectivity index (χ2n) is 3.11. The minimum absolute atomic E-state index is 0. The fourth-order valence-electron chi connectivity index (χ4n) is 0. The van der Waals surface area contributed by atoms with Crippen molar-refractivity contribution in [2.75, 3.05) is 0 Å². The van der Waals surface area contributed by atoms with Crippen LogP contribution in [0.4, 0.5) is 0 Å². The number of hydrogen-bond acceptors (Lipinski definition) is 6. The van der Waals surface area contributed by atoms with Gasteiger partial charge in [-0.3, -0.25) is 28.8 Å². The Morgan fingerprint density at radius 1 is 0.344 bits per heavy atom. The van der Waals surface area contributed by atoms with Crippen LogP contribution in [0.25, 0.3) is 0 Å². The number of halogens is 1. The Morgan fingerprint density at radius 2 is 0.344 bits per heavy atom. The molecule has 208 valence electrons. The van der Waals surface area contributed by atoms with E-state index in [1.54, 1.807) is 0 Å². The van der Waals surface area contributed by atoms with Crippen molar-refractivity contribution in [2.24, 2.45) is 0 Å². The van der Waals surface area contributed by atoms with Gasteiger partial charge in [-0.05, 0) is 0 Å². The van der Waals surface area contributed by atoms with Gasteiger partial charge in [0.2, 0.25) is 0 Å². The van der Waals surface area contributed by atoms with E-state index < -0.39 is 35.8 Å². The first-order valence-electron chi connectivity index (χ1n) is 5.57. The molecule has 0 unspecified atom stereocenters. The van der Waals surface area contributed by atoms with Gasteiger partial charge in [0.25, 0.3) is 35.8 Å². The van der Waals surface area contributed by atoms with Crippen LogP contribution in [0.3, 0.4) is 0 Å². The number of aliphatic carboxylic acids is 6. The molecule has 0 spiro atoms. The molecule has 0 aromatic heterocycles. The van der Waals surface area contributed by atoms with Crippen LogP contribution in [0, 0.1) is 0 Å². The molecule has 0 aliphatic carbocycles. The van der Waals surface area contributed by atoms with E-state index in [1.807, 2.05) is 0 Å². The summed E-state index contributed by atoms with van der Waals surface area (Å²) in [6.07, 6.45) is 0. The average Bonchev–Trinajstić information content (AvgIpc) is 2.08. The predicted octanol–water partition coefficient (Wildman–Crippen LogP) is -2.34. The van der Waals surface area contributed by atoms with Crippen LogP contribution in [0.1, 0.15) is 41.5 Å². The molecule has 0 aliphatic rings. The topological polar surface area (TPSA) is 350 Å². The van der Waals surface area contributed by atoms with Gasteiger partial charge in [-0.1, -0.05) is 0 Å². The standard InChI is InChI=1S/6C2H4O2.ClH.3Fe.4H2O/c6*1-2(3)4;;;;;;;;/h6*1H3,(H,3,4);1H;;;;4*1H2. The van der Waals surface area contributed by atoms with Gasteiger partial charge in [-0.2, -0.15) is 0 Å². The zero-order valence-corrected chi connectivity index (χ0v) is 21.7. The maximum Gasteiger partial charge on any atom is 0.300 e. The first-order chi connectivity index (χ1) is 10.4. The fraction of sp³-hybridized carbons (Fsp3) is 0.500. The van der Waals surface area contributed by atoms with Crippen LogP contribution < -0.4 is 0 Å². The first kappa shape index (κ1) is 97.5. The SMILES string of the molecule is CC(=O)O.CC(=O)O.CC(=O)O.CC(=O)O.CC(=O)O.CC(=O)O.Cl.O.O.O.O.[Fe].[Fe].[Fe]. The minimum Gasteiger partial charge on any atom is -0.481 e. The van der Waals surface area contributed by atoms with Gasteiger partial charge in [0, 0.05) is 92.7 Å². The van der Waals surface area contributed by atoms with E-state index in [2.05, 4.69) is 0 Å². The zero-order chi connectivity index (χ0) is 21.5. The molecule has 0 amide bonds. The molecule has 0 fully saturated rings. The molecular weight excluding hydrogens is 603 g/mol. The monoisotopic (exact) mass is 636 g/mol. The summed E-state index contributed by atoms with van der Waals surface area (Å²) in [5, 5.41) is 44.5. The van der Waals surface area contributed by atoms with Crippen molar-refractivity contribution >= 4 is 48.2 Å². The van der Waals surface area contributed by atoms with Gasteiger partial charge < -0.3 is 52.5 Å². The molecule has 32 heavy (non-hydrogen) atoms. The van der Waals surface area contributed by atoms with Gasteiger partial charge in [-0.25, -0.2) is 0 Å². The molecule has 0 aromatic carbocycles. The van der Waals surface area contributed by atoms with Crippen molar-refractivity contribution in [3.05, 3.63) is 0 Å². The van der Waals surface area contributed by atoms with E-state index in [0.29, 0.717) is 0 Å². The number of carbonyl (C=O) groups is 6. The summed E-state index contributed by atoms with van der Waals surface area (Å²) in [5.74, 6) is -5.00. The summed E-state index contributed by atoms with van der Waals surface area (Å²) in [4.78, 5) is 54.0. The predicted molar refractivity (Wildman–Crippen MR) is 102 cm³/mol. The summed E-state index contributed by atoms with van der Waals surface area (Å²) < 4.78 is 0. The van der Waals surface area contributed by atoms with E-state index in [1.165, 1.54) is 0 Å². The van der Waals surface area contributed by atoms with Crippen LogP contribution in [-0.4, -0.2) is 88.4 Å². The first-order valence-corrected chi connectivity index (χ1v) is 5.57. The molecule has 20 heteroatoms. The molecule has 0 rings (SSSR count). The van der Waals surface area contributed by atoms with E-state index in [4.69, 9.17) is 59.4 Å². The van der Waals surface area contributed by atoms with Gasteiger partial charge >= 0.3 is 0 Å². The second-order valence-corrected chi connectivity index (χ2v) is 3.11. The smallest absolute Gasteiger partial charge is 0.300 e. The molecule has 0 saturated heterocycles. The molecule has 0 saturated carbocycles. The van der Waals surface area contributed by atoms with Crippen LogP contribution in [0.2, 0.25) is 0 Å². The Labute approximate surface area is 221 Å². The maximum absolute atomic E-state index is 9.00. The third-order valence-electron chi connectivity index (χ3n) is 0. The van der Waals surface area contributed by atoms with Crippen LogP contribution in [0.15, 0.2) is 0 Å². The Morgan fingerprint density at radius 3 is 0.344 bits per heavy atom. The van der Waals surface area contributed by atoms with E-state index in [0.717, 1.165) is 41.5 Å². The Hall–Kier alpha value is -1.49. The number of carboxylic acids is 6. The number of hydrogen-bond donors (Lipinski definition) is 6. The van der Waals surface area contributed by atoms with Gasteiger partial charge in [0.05, 0.1) is 0 Å². The minimum atomic E-state index is -0.833. The molecule has 0 aromatic rings. The molecule has 0 radical (unpaired) electrons. The van der Waals surface area contributed by atoms with Crippen LogP contribution in [0.5, 0.6) is 0 Å². The van der Waals surface area contributed by atoms with Crippen molar-refractivity contribution in [1.82, 2.24) is 0 Å². The molecule has 14 N–H and O–H groups in total. The van der Waals surface area contributed by atoms with Crippen molar-refractivity contribution < 1.29 is 133 Å². The van der Waals surface area contributed by atoms with Crippen molar-refractivity contribution in [3.8, 4) is 0 Å². The summed E-state index contributed by atoms with van der Waals surface area (Å²) in [7, 11) is 0. The quantitative estimate of drug-likeness (QED) is 0.152. The van der Waals surface area contributed by atoms with Crippen LogP contribution >= 0.6 is 12.4 Å². The number of rotatable bonds is 0. The normalized spacial score (nSPS) is 4.69. The Bertz CT molecular complexity index is 279. The Kier molecular flexibility index (Phi) is 268. The van der Waals surface area contributed by atoms with E-state index >= 15 is 0 Å². The summed E-state index contributed by atoms with van der Waals surface area (Å²) in [5.41, 5.74) is 0. The number of carboxylic acid groups (broad SMARTS) is 6. The van der Waals surface area contributed by atoms with Crippen LogP contribution in [-0.2, 0) is 80.0 Å².